The summed E-state index contributed by atoms with van der Waals surface area (Å²) in [5.74, 6) is 1.78. The molecule has 2 aliphatic rings. The topological polar surface area (TPSA) is 29.5 Å². The molecule has 0 unspecified atom stereocenters. The van der Waals surface area contributed by atoms with Crippen LogP contribution in [0, 0.1) is 17.3 Å². The zero-order chi connectivity index (χ0) is 10.3. The predicted molar refractivity (Wildman–Crippen MR) is 53.8 cm³/mol. The highest BCUT2D eigenvalue weighted by Crippen LogP contribution is 2.61. The first-order chi connectivity index (χ1) is 6.57. The molecule has 0 bridgehead atoms. The highest BCUT2D eigenvalue weighted by atomic mass is 16.5. The molecule has 0 N–H and O–H groups in total. The van der Waals surface area contributed by atoms with Gasteiger partial charge in [0.25, 0.3) is 0 Å². The minimum atomic E-state index is 0.259. The van der Waals surface area contributed by atoms with E-state index in [1.165, 1.54) is 0 Å². The number of ether oxygens (including phenoxy) is 1. The van der Waals surface area contributed by atoms with Crippen LogP contribution in [0.15, 0.2) is 0 Å². The van der Waals surface area contributed by atoms with Gasteiger partial charge in [-0.2, -0.15) is 0 Å². The van der Waals surface area contributed by atoms with E-state index in [9.17, 15) is 4.79 Å². The van der Waals surface area contributed by atoms with Gasteiger partial charge in [0.1, 0.15) is 0 Å². The molecule has 1 aliphatic carbocycles. The second-order valence-electron chi connectivity index (χ2n) is 5.08. The normalized spacial score (nSPS) is 32.9. The van der Waals surface area contributed by atoms with Crippen LogP contribution in [-0.2, 0) is 9.53 Å². The first kappa shape index (κ1) is 9.97. The van der Waals surface area contributed by atoms with E-state index in [1.807, 2.05) is 4.90 Å². The Kier molecular flexibility index (Phi) is 2.30. The van der Waals surface area contributed by atoms with Crippen LogP contribution in [0.2, 0.25) is 0 Å². The van der Waals surface area contributed by atoms with Gasteiger partial charge in [0.15, 0.2) is 0 Å². The van der Waals surface area contributed by atoms with E-state index in [0.717, 1.165) is 24.9 Å². The summed E-state index contributed by atoms with van der Waals surface area (Å²) in [5, 5.41) is 0. The van der Waals surface area contributed by atoms with Crippen LogP contribution >= 0.6 is 0 Å². The molecule has 0 aromatic carbocycles. The number of carbonyl (C=O) groups excluding carboxylic acids is 1. The van der Waals surface area contributed by atoms with Crippen molar-refractivity contribution in [1.82, 2.24) is 4.90 Å². The minimum absolute atomic E-state index is 0.259. The summed E-state index contributed by atoms with van der Waals surface area (Å²) in [7, 11) is 1.64. The molecule has 3 heteroatoms. The quantitative estimate of drug-likeness (QED) is 0.679. The third kappa shape index (κ3) is 1.44. The van der Waals surface area contributed by atoms with Crippen molar-refractivity contribution < 1.29 is 9.53 Å². The number of methoxy groups -OCH3 is 1. The predicted octanol–water partition coefficient (Wildman–Crippen LogP) is 1.14. The van der Waals surface area contributed by atoms with E-state index in [1.54, 1.807) is 7.11 Å². The molecule has 2 rings (SSSR count). The fraction of sp³-hybridized carbons (Fsp3) is 0.909. The summed E-state index contributed by atoms with van der Waals surface area (Å²) in [5.41, 5.74) is 0.498. The summed E-state index contributed by atoms with van der Waals surface area (Å²) < 4.78 is 4.90. The third-order valence-corrected chi connectivity index (χ3v) is 3.99. The fourth-order valence-electron chi connectivity index (χ4n) is 2.68. The molecule has 1 saturated heterocycles. The highest BCUT2D eigenvalue weighted by Gasteiger charge is 2.62. The molecular weight excluding hydrogens is 178 g/mol. The van der Waals surface area contributed by atoms with Crippen molar-refractivity contribution in [2.75, 3.05) is 26.8 Å². The average molecular weight is 197 g/mol. The van der Waals surface area contributed by atoms with Crippen LogP contribution in [-0.4, -0.2) is 37.6 Å². The first-order valence-electron chi connectivity index (χ1n) is 5.34. The van der Waals surface area contributed by atoms with Gasteiger partial charge < -0.3 is 9.64 Å². The summed E-state index contributed by atoms with van der Waals surface area (Å²) in [6, 6.07) is 0. The number of hydrogen-bond acceptors (Lipinski definition) is 2. The summed E-state index contributed by atoms with van der Waals surface area (Å²) in [6.45, 7) is 7.10. The first-order valence-corrected chi connectivity index (χ1v) is 5.34. The van der Waals surface area contributed by atoms with Crippen LogP contribution in [0.5, 0.6) is 0 Å². The number of piperidine rings is 1. The number of hydrogen-bond donors (Lipinski definition) is 0. The molecular formula is C11H19NO2. The summed E-state index contributed by atoms with van der Waals surface area (Å²) in [4.78, 5) is 13.6. The largest absolute Gasteiger partial charge is 0.384 e. The fourth-order valence-corrected chi connectivity index (χ4v) is 2.68. The van der Waals surface area contributed by atoms with Crippen LogP contribution in [0.4, 0.5) is 0 Å². The van der Waals surface area contributed by atoms with E-state index in [-0.39, 0.29) is 5.91 Å². The molecule has 1 aliphatic heterocycles. The monoisotopic (exact) mass is 197 g/mol. The number of carbonyl (C=O) groups is 1. The molecule has 0 radical (unpaired) electrons. The van der Waals surface area contributed by atoms with E-state index < -0.39 is 0 Å². The average Bonchev–Trinajstić information content (AvgIpc) is 2.57. The zero-order valence-electron chi connectivity index (χ0n) is 9.25. The van der Waals surface area contributed by atoms with Gasteiger partial charge in [-0.05, 0) is 17.3 Å². The molecule has 0 aromatic rings. The maximum absolute atomic E-state index is 11.6. The van der Waals surface area contributed by atoms with Gasteiger partial charge in [0.2, 0.25) is 5.91 Å². The molecule has 0 spiro atoms. The number of likely N-dealkylation sites (tertiary alicyclic amines) is 1. The van der Waals surface area contributed by atoms with Crippen molar-refractivity contribution in [1.29, 1.82) is 0 Å². The Labute approximate surface area is 85.4 Å². The number of nitrogens with zero attached hydrogens (tertiary/aromatic N) is 1. The van der Waals surface area contributed by atoms with Gasteiger partial charge in [0.05, 0.1) is 13.0 Å². The van der Waals surface area contributed by atoms with Gasteiger partial charge in [-0.3, -0.25) is 4.79 Å². The molecule has 80 valence electrons. The molecule has 14 heavy (non-hydrogen) atoms. The maximum atomic E-state index is 11.6. The lowest BCUT2D eigenvalue weighted by Crippen LogP contribution is -2.33. The Morgan fingerprint density at radius 3 is 2.50 bits per heavy atom. The summed E-state index contributed by atoms with van der Waals surface area (Å²) >= 11 is 0. The minimum Gasteiger partial charge on any atom is -0.384 e. The van der Waals surface area contributed by atoms with Crippen LogP contribution in [0.25, 0.3) is 0 Å². The molecule has 1 amide bonds. The van der Waals surface area contributed by atoms with Crippen molar-refractivity contribution in [3.8, 4) is 0 Å². The SMILES string of the molecule is COCCC(=O)N1C[C@@H]2[C@H](C1)C2(C)C. The van der Waals surface area contributed by atoms with Crippen molar-refractivity contribution >= 4 is 5.91 Å². The molecule has 1 heterocycles. The third-order valence-electron chi connectivity index (χ3n) is 3.99. The lowest BCUT2D eigenvalue weighted by atomic mass is 10.1. The number of rotatable bonds is 3. The van der Waals surface area contributed by atoms with Crippen LogP contribution in [0.1, 0.15) is 20.3 Å². The van der Waals surface area contributed by atoms with E-state index in [0.29, 0.717) is 18.4 Å². The molecule has 2 fully saturated rings. The van der Waals surface area contributed by atoms with Gasteiger partial charge in [0, 0.05) is 20.2 Å². The van der Waals surface area contributed by atoms with Crippen LogP contribution in [0.3, 0.4) is 0 Å². The number of amides is 1. The standard InChI is InChI=1S/C11H19NO2/c1-11(2)8-6-12(7-9(8)11)10(13)4-5-14-3/h8-9H,4-7H2,1-3H3/t8-,9+. The molecule has 0 aromatic heterocycles. The summed E-state index contributed by atoms with van der Waals surface area (Å²) in [6.07, 6.45) is 0.538. The Bertz CT molecular complexity index is 236. The van der Waals surface area contributed by atoms with E-state index >= 15 is 0 Å². The zero-order valence-corrected chi connectivity index (χ0v) is 9.25. The van der Waals surface area contributed by atoms with Gasteiger partial charge in [-0.15, -0.1) is 0 Å². The molecule has 1 saturated carbocycles. The Morgan fingerprint density at radius 2 is 2.00 bits per heavy atom. The van der Waals surface area contributed by atoms with E-state index in [2.05, 4.69) is 13.8 Å². The van der Waals surface area contributed by atoms with Crippen molar-refractivity contribution in [3.63, 3.8) is 0 Å². The molecule has 2 atom stereocenters. The number of fused-ring (bicyclic) bond motifs is 1. The highest BCUT2D eigenvalue weighted by molar-refractivity contribution is 5.77. The van der Waals surface area contributed by atoms with Crippen molar-refractivity contribution in [2.45, 2.75) is 20.3 Å². The smallest absolute Gasteiger partial charge is 0.224 e. The van der Waals surface area contributed by atoms with Gasteiger partial charge in [-0.25, -0.2) is 0 Å². The maximum Gasteiger partial charge on any atom is 0.224 e. The van der Waals surface area contributed by atoms with E-state index in [4.69, 9.17) is 4.74 Å². The van der Waals surface area contributed by atoms with Gasteiger partial charge in [-0.1, -0.05) is 13.8 Å². The Balaban J connectivity index is 1.79. The second kappa shape index (κ2) is 3.23. The Morgan fingerprint density at radius 1 is 1.43 bits per heavy atom. The lowest BCUT2D eigenvalue weighted by Gasteiger charge is -2.21. The van der Waals surface area contributed by atoms with Crippen molar-refractivity contribution in [3.05, 3.63) is 0 Å². The molecule has 3 nitrogen and oxygen atoms in total. The van der Waals surface area contributed by atoms with Crippen LogP contribution < -0.4 is 0 Å². The van der Waals surface area contributed by atoms with Gasteiger partial charge >= 0.3 is 0 Å². The second-order valence-corrected chi connectivity index (χ2v) is 5.08. The Hall–Kier alpha value is -0.570. The van der Waals surface area contributed by atoms with Crippen molar-refractivity contribution in [2.24, 2.45) is 17.3 Å². The lowest BCUT2D eigenvalue weighted by molar-refractivity contribution is -0.131.